The van der Waals surface area contributed by atoms with Gasteiger partial charge in [-0.1, -0.05) is 15.9 Å². The number of halogens is 1. The van der Waals surface area contributed by atoms with Crippen LogP contribution in [0, 0.1) is 6.92 Å². The van der Waals surface area contributed by atoms with Crippen LogP contribution in [0.3, 0.4) is 0 Å². The van der Waals surface area contributed by atoms with E-state index in [1.54, 1.807) is 18.2 Å². The third-order valence-electron chi connectivity index (χ3n) is 3.42. The number of hydrogen-bond donors (Lipinski definition) is 1. The molecule has 0 aliphatic rings. The third-order valence-corrected chi connectivity index (χ3v) is 3.92. The van der Waals surface area contributed by atoms with Gasteiger partial charge in [-0.3, -0.25) is 4.79 Å². The van der Waals surface area contributed by atoms with Crippen LogP contribution in [0.4, 0.5) is 5.69 Å². The molecule has 0 bridgehead atoms. The molecular weight excluding hydrogens is 390 g/mol. The number of methoxy groups -OCH3 is 2. The Bertz CT molecular complexity index is 791. The van der Waals surface area contributed by atoms with E-state index in [-0.39, 0.29) is 5.56 Å². The van der Waals surface area contributed by atoms with Crippen LogP contribution in [-0.4, -0.2) is 32.7 Å². The van der Waals surface area contributed by atoms with Crippen molar-refractivity contribution in [1.29, 1.82) is 0 Å². The largest absolute Gasteiger partial charge is 0.497 e. The predicted molar refractivity (Wildman–Crippen MR) is 97.3 cm³/mol. The van der Waals surface area contributed by atoms with E-state index in [4.69, 9.17) is 14.2 Å². The molecule has 2 aromatic carbocycles. The SMILES string of the molecule is COc1ccc(OC)c(C(=O)OCC(=O)Nc2ccc(Br)cc2C)c1. The number of nitrogens with one attached hydrogen (secondary N) is 1. The van der Waals surface area contributed by atoms with Gasteiger partial charge in [-0.05, 0) is 48.9 Å². The normalized spacial score (nSPS) is 10.1. The first kappa shape index (κ1) is 18.8. The van der Waals surface area contributed by atoms with Gasteiger partial charge >= 0.3 is 5.97 Å². The van der Waals surface area contributed by atoms with Crippen LogP contribution < -0.4 is 14.8 Å². The summed E-state index contributed by atoms with van der Waals surface area (Å²) in [4.78, 5) is 24.2. The second kappa shape index (κ2) is 8.53. The number of benzene rings is 2. The Morgan fingerprint density at radius 3 is 2.48 bits per heavy atom. The first-order chi connectivity index (χ1) is 11.9. The van der Waals surface area contributed by atoms with Crippen LogP contribution in [0.1, 0.15) is 15.9 Å². The first-order valence-electron chi connectivity index (χ1n) is 7.39. The molecule has 7 heteroatoms. The van der Waals surface area contributed by atoms with Gasteiger partial charge in [-0.25, -0.2) is 4.79 Å². The van der Waals surface area contributed by atoms with Crippen molar-refractivity contribution in [2.75, 3.05) is 26.1 Å². The van der Waals surface area contributed by atoms with Crippen LogP contribution in [0.2, 0.25) is 0 Å². The molecule has 1 amide bonds. The molecule has 132 valence electrons. The summed E-state index contributed by atoms with van der Waals surface area (Å²) in [7, 11) is 2.94. The van der Waals surface area contributed by atoms with E-state index in [1.165, 1.54) is 20.3 Å². The predicted octanol–water partition coefficient (Wildman–Crippen LogP) is 3.57. The van der Waals surface area contributed by atoms with Crippen LogP contribution in [0.15, 0.2) is 40.9 Å². The Labute approximate surface area is 154 Å². The van der Waals surface area contributed by atoms with Crippen LogP contribution in [-0.2, 0) is 9.53 Å². The van der Waals surface area contributed by atoms with Crippen molar-refractivity contribution in [3.8, 4) is 11.5 Å². The number of anilines is 1. The fourth-order valence-electron chi connectivity index (χ4n) is 2.14. The van der Waals surface area contributed by atoms with Crippen LogP contribution in [0.25, 0.3) is 0 Å². The Morgan fingerprint density at radius 1 is 1.08 bits per heavy atom. The van der Waals surface area contributed by atoms with Crippen molar-refractivity contribution in [2.45, 2.75) is 6.92 Å². The molecule has 6 nitrogen and oxygen atoms in total. The molecule has 0 heterocycles. The fourth-order valence-corrected chi connectivity index (χ4v) is 2.61. The number of ether oxygens (including phenoxy) is 3. The lowest BCUT2D eigenvalue weighted by Crippen LogP contribution is -2.21. The smallest absolute Gasteiger partial charge is 0.342 e. The summed E-state index contributed by atoms with van der Waals surface area (Å²) in [6.07, 6.45) is 0. The maximum Gasteiger partial charge on any atom is 0.342 e. The second-order valence-electron chi connectivity index (χ2n) is 5.15. The van der Waals surface area contributed by atoms with Crippen molar-refractivity contribution in [3.63, 3.8) is 0 Å². The molecular formula is C18H18BrNO5. The molecule has 1 N–H and O–H groups in total. The minimum atomic E-state index is -0.668. The summed E-state index contributed by atoms with van der Waals surface area (Å²) in [5.41, 5.74) is 1.74. The summed E-state index contributed by atoms with van der Waals surface area (Å²) in [5.74, 6) is -0.267. The lowest BCUT2D eigenvalue weighted by atomic mass is 10.2. The van der Waals surface area contributed by atoms with E-state index in [0.717, 1.165) is 10.0 Å². The van der Waals surface area contributed by atoms with Gasteiger partial charge in [0, 0.05) is 10.2 Å². The minimum Gasteiger partial charge on any atom is -0.497 e. The molecule has 0 aliphatic carbocycles. The molecule has 0 aromatic heterocycles. The molecule has 2 rings (SSSR count). The summed E-state index contributed by atoms with van der Waals surface area (Å²) in [5, 5.41) is 2.70. The topological polar surface area (TPSA) is 73.9 Å². The highest BCUT2D eigenvalue weighted by Gasteiger charge is 2.17. The molecule has 0 aliphatic heterocycles. The average molecular weight is 408 g/mol. The van der Waals surface area contributed by atoms with E-state index >= 15 is 0 Å². The number of hydrogen-bond acceptors (Lipinski definition) is 5. The highest BCUT2D eigenvalue weighted by molar-refractivity contribution is 9.10. The summed E-state index contributed by atoms with van der Waals surface area (Å²) in [6, 6.07) is 10.2. The molecule has 25 heavy (non-hydrogen) atoms. The van der Waals surface area contributed by atoms with E-state index in [9.17, 15) is 9.59 Å². The lowest BCUT2D eigenvalue weighted by Gasteiger charge is -2.11. The number of aryl methyl sites for hydroxylation is 1. The number of carbonyl (C=O) groups is 2. The third kappa shape index (κ3) is 4.96. The van der Waals surface area contributed by atoms with Gasteiger partial charge in [-0.2, -0.15) is 0 Å². The Morgan fingerprint density at radius 2 is 1.84 bits per heavy atom. The highest BCUT2D eigenvalue weighted by atomic mass is 79.9. The Kier molecular flexibility index (Phi) is 6.41. The molecule has 0 unspecified atom stereocenters. The summed E-state index contributed by atoms with van der Waals surface area (Å²) in [6.45, 7) is 1.46. The Hall–Kier alpha value is -2.54. The maximum absolute atomic E-state index is 12.2. The first-order valence-corrected chi connectivity index (χ1v) is 8.19. The second-order valence-corrected chi connectivity index (χ2v) is 6.07. The van der Waals surface area contributed by atoms with Crippen molar-refractivity contribution in [3.05, 3.63) is 52.0 Å². The number of carbonyl (C=O) groups excluding carboxylic acids is 2. The van der Waals surface area contributed by atoms with Gasteiger partial charge in [-0.15, -0.1) is 0 Å². The molecule has 0 fully saturated rings. The Balaban J connectivity index is 2.00. The fraction of sp³-hybridized carbons (Fsp3) is 0.222. The van der Waals surface area contributed by atoms with Gasteiger partial charge in [0.25, 0.3) is 5.91 Å². The zero-order valence-corrected chi connectivity index (χ0v) is 15.7. The van der Waals surface area contributed by atoms with E-state index in [0.29, 0.717) is 17.2 Å². The zero-order valence-electron chi connectivity index (χ0n) is 14.1. The van der Waals surface area contributed by atoms with E-state index in [1.807, 2.05) is 19.1 Å². The molecule has 0 saturated heterocycles. The highest BCUT2D eigenvalue weighted by Crippen LogP contribution is 2.25. The van der Waals surface area contributed by atoms with Gasteiger partial charge in [0.05, 0.1) is 14.2 Å². The van der Waals surface area contributed by atoms with Crippen molar-refractivity contribution >= 4 is 33.5 Å². The van der Waals surface area contributed by atoms with E-state index < -0.39 is 18.5 Å². The van der Waals surface area contributed by atoms with Gasteiger partial charge < -0.3 is 19.5 Å². The zero-order chi connectivity index (χ0) is 18.4. The van der Waals surface area contributed by atoms with Crippen molar-refractivity contribution < 1.29 is 23.8 Å². The minimum absolute atomic E-state index is 0.189. The van der Waals surface area contributed by atoms with Gasteiger partial charge in [0.1, 0.15) is 17.1 Å². The number of esters is 1. The van der Waals surface area contributed by atoms with Crippen molar-refractivity contribution in [2.24, 2.45) is 0 Å². The number of rotatable bonds is 6. The summed E-state index contributed by atoms with van der Waals surface area (Å²) >= 11 is 3.36. The van der Waals surface area contributed by atoms with E-state index in [2.05, 4.69) is 21.2 Å². The average Bonchev–Trinajstić information content (AvgIpc) is 2.61. The monoisotopic (exact) mass is 407 g/mol. The molecule has 0 atom stereocenters. The standard InChI is InChI=1S/C18H18BrNO5/c1-11-8-12(19)4-6-15(11)20-17(21)10-25-18(22)14-9-13(23-2)5-7-16(14)24-3/h4-9H,10H2,1-3H3,(H,20,21). The molecule has 0 spiro atoms. The molecule has 0 radical (unpaired) electrons. The van der Waals surface area contributed by atoms with Gasteiger partial charge in [0.15, 0.2) is 6.61 Å². The van der Waals surface area contributed by atoms with Gasteiger partial charge in [0.2, 0.25) is 0 Å². The molecule has 2 aromatic rings. The number of amides is 1. The van der Waals surface area contributed by atoms with Crippen molar-refractivity contribution in [1.82, 2.24) is 0 Å². The van der Waals surface area contributed by atoms with Crippen LogP contribution in [0.5, 0.6) is 11.5 Å². The lowest BCUT2D eigenvalue weighted by molar-refractivity contribution is -0.119. The quantitative estimate of drug-likeness (QED) is 0.740. The van der Waals surface area contributed by atoms with Crippen LogP contribution >= 0.6 is 15.9 Å². The molecule has 0 saturated carbocycles. The summed E-state index contributed by atoms with van der Waals surface area (Å²) < 4.78 is 16.2. The maximum atomic E-state index is 12.2.